The maximum atomic E-state index is 12.6. The second-order valence-corrected chi connectivity index (χ2v) is 7.08. The first kappa shape index (κ1) is 21.0. The van der Waals surface area contributed by atoms with E-state index in [0.717, 1.165) is 30.4 Å². The number of carbonyl (C=O) groups excluding carboxylic acids is 2. The molecule has 2 aromatic carbocycles. The quantitative estimate of drug-likeness (QED) is 0.640. The molecule has 0 aliphatic rings. The molecule has 0 heterocycles. The average molecular weight is 433 g/mol. The van der Waals surface area contributed by atoms with Crippen LogP contribution in [0, 0.1) is 0 Å². The van der Waals surface area contributed by atoms with Crippen LogP contribution in [0.15, 0.2) is 46.9 Å². The number of methoxy groups -OCH3 is 1. The molecule has 27 heavy (non-hydrogen) atoms. The number of hydrogen-bond acceptors (Lipinski definition) is 3. The standard InChI is InChI=1S/C21H25BrN2O3/c1-4-12-24(13-5-2)21(26)15-6-9-17(10-7-15)23-20(25)18-14-16(22)8-11-19(18)27-3/h6-11,14H,4-5,12-13H2,1-3H3,(H,23,25). The van der Waals surface area contributed by atoms with Crippen molar-refractivity contribution in [2.45, 2.75) is 26.7 Å². The van der Waals surface area contributed by atoms with Gasteiger partial charge in [-0.3, -0.25) is 9.59 Å². The Kier molecular flexibility index (Phi) is 7.85. The molecule has 2 aromatic rings. The van der Waals surface area contributed by atoms with Gasteiger partial charge in [0, 0.05) is 28.8 Å². The number of carbonyl (C=O) groups is 2. The van der Waals surface area contributed by atoms with Crippen molar-refractivity contribution in [1.29, 1.82) is 0 Å². The van der Waals surface area contributed by atoms with E-state index in [0.29, 0.717) is 22.6 Å². The van der Waals surface area contributed by atoms with E-state index < -0.39 is 0 Å². The van der Waals surface area contributed by atoms with Crippen LogP contribution in [0.3, 0.4) is 0 Å². The highest BCUT2D eigenvalue weighted by Gasteiger charge is 2.16. The summed E-state index contributed by atoms with van der Waals surface area (Å²) in [6, 6.07) is 12.2. The van der Waals surface area contributed by atoms with Crippen molar-refractivity contribution >= 4 is 33.4 Å². The van der Waals surface area contributed by atoms with Crippen molar-refractivity contribution in [2.24, 2.45) is 0 Å². The molecule has 0 bridgehead atoms. The molecule has 2 amide bonds. The van der Waals surface area contributed by atoms with Crippen LogP contribution in [0.4, 0.5) is 5.69 Å². The number of anilines is 1. The molecule has 0 atom stereocenters. The summed E-state index contributed by atoms with van der Waals surface area (Å²) >= 11 is 3.37. The minimum absolute atomic E-state index is 0.0187. The molecule has 144 valence electrons. The van der Waals surface area contributed by atoms with Gasteiger partial charge in [-0.15, -0.1) is 0 Å². The number of ether oxygens (including phenoxy) is 1. The van der Waals surface area contributed by atoms with Crippen LogP contribution >= 0.6 is 15.9 Å². The molecule has 0 unspecified atom stereocenters. The van der Waals surface area contributed by atoms with Gasteiger partial charge < -0.3 is 15.0 Å². The molecule has 5 nitrogen and oxygen atoms in total. The molecular formula is C21H25BrN2O3. The number of halogens is 1. The van der Waals surface area contributed by atoms with E-state index in [9.17, 15) is 9.59 Å². The molecule has 2 rings (SSSR count). The van der Waals surface area contributed by atoms with Crippen LogP contribution in [-0.2, 0) is 0 Å². The third-order valence-electron chi connectivity index (χ3n) is 4.07. The van der Waals surface area contributed by atoms with Gasteiger partial charge >= 0.3 is 0 Å². The summed E-state index contributed by atoms with van der Waals surface area (Å²) in [4.78, 5) is 27.0. The summed E-state index contributed by atoms with van der Waals surface area (Å²) in [7, 11) is 1.53. The Morgan fingerprint density at radius 2 is 1.67 bits per heavy atom. The molecule has 0 saturated carbocycles. The highest BCUT2D eigenvalue weighted by atomic mass is 79.9. The van der Waals surface area contributed by atoms with Crippen LogP contribution < -0.4 is 10.1 Å². The van der Waals surface area contributed by atoms with Crippen molar-refractivity contribution in [3.05, 3.63) is 58.1 Å². The maximum Gasteiger partial charge on any atom is 0.259 e. The lowest BCUT2D eigenvalue weighted by Gasteiger charge is -2.21. The number of amides is 2. The number of rotatable bonds is 8. The molecule has 0 saturated heterocycles. The Labute approximate surface area is 168 Å². The zero-order chi connectivity index (χ0) is 19.8. The Morgan fingerprint density at radius 3 is 2.22 bits per heavy atom. The van der Waals surface area contributed by atoms with Gasteiger partial charge in [-0.2, -0.15) is 0 Å². The second-order valence-electron chi connectivity index (χ2n) is 6.17. The van der Waals surface area contributed by atoms with Crippen LogP contribution in [0.5, 0.6) is 5.75 Å². The van der Waals surface area contributed by atoms with E-state index in [1.807, 2.05) is 11.0 Å². The summed E-state index contributed by atoms with van der Waals surface area (Å²) in [5, 5.41) is 2.84. The predicted molar refractivity (Wildman–Crippen MR) is 112 cm³/mol. The Morgan fingerprint density at radius 1 is 1.04 bits per heavy atom. The Hall–Kier alpha value is -2.34. The van der Waals surface area contributed by atoms with Gasteiger partial charge in [-0.25, -0.2) is 0 Å². The van der Waals surface area contributed by atoms with Gasteiger partial charge in [-0.05, 0) is 55.3 Å². The van der Waals surface area contributed by atoms with Crippen LogP contribution in [0.1, 0.15) is 47.4 Å². The highest BCUT2D eigenvalue weighted by Crippen LogP contribution is 2.24. The van der Waals surface area contributed by atoms with Gasteiger partial charge in [0.15, 0.2) is 0 Å². The first-order valence-electron chi connectivity index (χ1n) is 9.04. The minimum atomic E-state index is -0.272. The molecule has 0 aromatic heterocycles. The topological polar surface area (TPSA) is 58.6 Å². The average Bonchev–Trinajstić information content (AvgIpc) is 2.67. The van der Waals surface area contributed by atoms with Crippen molar-refractivity contribution in [3.8, 4) is 5.75 Å². The zero-order valence-corrected chi connectivity index (χ0v) is 17.5. The predicted octanol–water partition coefficient (Wildman–Crippen LogP) is 4.97. The molecule has 6 heteroatoms. The van der Waals surface area contributed by atoms with Gasteiger partial charge in [-0.1, -0.05) is 29.8 Å². The normalized spacial score (nSPS) is 10.4. The smallest absolute Gasteiger partial charge is 0.259 e. The maximum absolute atomic E-state index is 12.6. The van der Waals surface area contributed by atoms with Crippen molar-refractivity contribution in [3.63, 3.8) is 0 Å². The molecule has 0 radical (unpaired) electrons. The Bertz CT molecular complexity index is 785. The van der Waals surface area contributed by atoms with E-state index in [-0.39, 0.29) is 11.8 Å². The minimum Gasteiger partial charge on any atom is -0.496 e. The molecule has 0 aliphatic carbocycles. The first-order chi connectivity index (χ1) is 13.0. The van der Waals surface area contributed by atoms with E-state index in [1.54, 1.807) is 36.4 Å². The number of nitrogens with one attached hydrogen (secondary N) is 1. The highest BCUT2D eigenvalue weighted by molar-refractivity contribution is 9.10. The summed E-state index contributed by atoms with van der Waals surface area (Å²) in [6.07, 6.45) is 1.85. The third kappa shape index (κ3) is 5.57. The van der Waals surface area contributed by atoms with Gasteiger partial charge in [0.1, 0.15) is 5.75 Å². The fraction of sp³-hybridized carbons (Fsp3) is 0.333. The molecule has 0 aliphatic heterocycles. The summed E-state index contributed by atoms with van der Waals surface area (Å²) in [5.41, 5.74) is 1.68. The number of benzene rings is 2. The van der Waals surface area contributed by atoms with Gasteiger partial charge in [0.05, 0.1) is 12.7 Å². The van der Waals surface area contributed by atoms with Gasteiger partial charge in [0.2, 0.25) is 0 Å². The van der Waals surface area contributed by atoms with Crippen LogP contribution in [0.2, 0.25) is 0 Å². The van der Waals surface area contributed by atoms with E-state index in [2.05, 4.69) is 35.1 Å². The van der Waals surface area contributed by atoms with Crippen LogP contribution in [0.25, 0.3) is 0 Å². The monoisotopic (exact) mass is 432 g/mol. The van der Waals surface area contributed by atoms with Crippen molar-refractivity contribution in [2.75, 3.05) is 25.5 Å². The van der Waals surface area contributed by atoms with E-state index in [4.69, 9.17) is 4.74 Å². The fourth-order valence-electron chi connectivity index (χ4n) is 2.79. The second kappa shape index (κ2) is 10.1. The lowest BCUT2D eigenvalue weighted by atomic mass is 10.1. The molecular weight excluding hydrogens is 408 g/mol. The van der Waals surface area contributed by atoms with Crippen LogP contribution in [-0.4, -0.2) is 36.9 Å². The SMILES string of the molecule is CCCN(CCC)C(=O)c1ccc(NC(=O)c2cc(Br)ccc2OC)cc1. The lowest BCUT2D eigenvalue weighted by molar-refractivity contribution is 0.0755. The van der Waals surface area contributed by atoms with Crippen molar-refractivity contribution < 1.29 is 14.3 Å². The first-order valence-corrected chi connectivity index (χ1v) is 9.83. The van der Waals surface area contributed by atoms with Gasteiger partial charge in [0.25, 0.3) is 11.8 Å². The lowest BCUT2D eigenvalue weighted by Crippen LogP contribution is -2.32. The number of nitrogens with zero attached hydrogens (tertiary/aromatic N) is 1. The fourth-order valence-corrected chi connectivity index (χ4v) is 3.15. The largest absolute Gasteiger partial charge is 0.496 e. The Balaban J connectivity index is 2.12. The summed E-state index contributed by atoms with van der Waals surface area (Å²) in [6.45, 7) is 5.61. The number of hydrogen-bond donors (Lipinski definition) is 1. The van der Waals surface area contributed by atoms with Crippen molar-refractivity contribution in [1.82, 2.24) is 4.90 Å². The third-order valence-corrected chi connectivity index (χ3v) is 4.56. The molecule has 0 spiro atoms. The molecule has 0 fully saturated rings. The van der Waals surface area contributed by atoms with E-state index >= 15 is 0 Å². The summed E-state index contributed by atoms with van der Waals surface area (Å²) in [5.74, 6) is 0.244. The zero-order valence-electron chi connectivity index (χ0n) is 15.9. The van der Waals surface area contributed by atoms with E-state index in [1.165, 1.54) is 7.11 Å². The summed E-state index contributed by atoms with van der Waals surface area (Å²) < 4.78 is 6.04. The molecule has 1 N–H and O–H groups in total.